The summed E-state index contributed by atoms with van der Waals surface area (Å²) in [5.74, 6) is 0.239. The molecule has 22 heavy (non-hydrogen) atoms. The van der Waals surface area contributed by atoms with Gasteiger partial charge in [-0.1, -0.05) is 26.0 Å². The molecular formula is C18H20N2O2. The number of fused-ring (bicyclic) bond motifs is 1. The molecule has 1 aliphatic rings. The number of benzene rings is 1. The molecule has 114 valence electrons. The van der Waals surface area contributed by atoms with Crippen LogP contribution < -0.4 is 9.63 Å². The first-order chi connectivity index (χ1) is 10.6. The van der Waals surface area contributed by atoms with Crippen LogP contribution in [0.15, 0.2) is 42.6 Å². The van der Waals surface area contributed by atoms with Crippen molar-refractivity contribution in [2.45, 2.75) is 32.6 Å². The summed E-state index contributed by atoms with van der Waals surface area (Å²) in [6.45, 7) is 4.98. The molecule has 1 amide bonds. The smallest absolute Gasteiger partial charge is 0.324 e. The molecule has 0 saturated heterocycles. The van der Waals surface area contributed by atoms with Crippen LogP contribution >= 0.6 is 0 Å². The van der Waals surface area contributed by atoms with Crippen LogP contribution in [0.25, 0.3) is 0 Å². The van der Waals surface area contributed by atoms with Crippen LogP contribution in [0.1, 0.15) is 47.8 Å². The largest absolute Gasteiger partial charge is 0.618 e. The molecular weight excluding hydrogens is 276 g/mol. The Bertz CT molecular complexity index is 710. The van der Waals surface area contributed by atoms with Crippen LogP contribution in [0.2, 0.25) is 0 Å². The highest BCUT2D eigenvalue weighted by Gasteiger charge is 2.28. The van der Waals surface area contributed by atoms with E-state index >= 15 is 0 Å². The number of carbonyl (C=O) groups is 1. The summed E-state index contributed by atoms with van der Waals surface area (Å²) in [6.07, 6.45) is 3.26. The molecule has 0 aliphatic carbocycles. The zero-order valence-corrected chi connectivity index (χ0v) is 13.0. The molecule has 2 aromatic rings. The minimum atomic E-state index is -0.228. The second kappa shape index (κ2) is 5.79. The van der Waals surface area contributed by atoms with Gasteiger partial charge in [-0.15, -0.1) is 0 Å². The number of aryl methyl sites for hydroxylation is 1. The number of aromatic nitrogens is 1. The maximum atomic E-state index is 12.7. The van der Waals surface area contributed by atoms with Gasteiger partial charge < -0.3 is 10.1 Å². The number of hydrogen-bond donors (Lipinski definition) is 0. The van der Waals surface area contributed by atoms with Gasteiger partial charge >= 0.3 is 5.91 Å². The van der Waals surface area contributed by atoms with Crippen molar-refractivity contribution < 1.29 is 9.52 Å². The summed E-state index contributed by atoms with van der Waals surface area (Å²) >= 11 is 0. The molecule has 0 fully saturated rings. The lowest BCUT2D eigenvalue weighted by molar-refractivity contribution is -0.607. The molecule has 0 radical (unpaired) electrons. The van der Waals surface area contributed by atoms with E-state index in [4.69, 9.17) is 0 Å². The van der Waals surface area contributed by atoms with Gasteiger partial charge in [0.15, 0.2) is 6.20 Å². The van der Waals surface area contributed by atoms with E-state index in [9.17, 15) is 10.0 Å². The molecule has 2 heterocycles. The second-order valence-electron chi connectivity index (χ2n) is 6.01. The highest BCUT2D eigenvalue weighted by molar-refractivity contribution is 6.04. The van der Waals surface area contributed by atoms with Crippen molar-refractivity contribution in [3.05, 3.63) is 64.6 Å². The highest BCUT2D eigenvalue weighted by Crippen LogP contribution is 2.30. The Morgan fingerprint density at radius 3 is 2.82 bits per heavy atom. The first-order valence-electron chi connectivity index (χ1n) is 7.71. The fourth-order valence-corrected chi connectivity index (χ4v) is 2.92. The Hall–Kier alpha value is -2.36. The second-order valence-corrected chi connectivity index (χ2v) is 6.01. The van der Waals surface area contributed by atoms with E-state index in [0.717, 1.165) is 18.5 Å². The predicted octanol–water partition coefficient (Wildman–Crippen LogP) is 3.04. The van der Waals surface area contributed by atoms with E-state index in [1.54, 1.807) is 23.1 Å². The molecule has 4 heteroatoms. The lowest BCUT2D eigenvalue weighted by Crippen LogP contribution is -2.43. The van der Waals surface area contributed by atoms with Crippen LogP contribution in [0.5, 0.6) is 0 Å². The van der Waals surface area contributed by atoms with Gasteiger partial charge in [-0.3, -0.25) is 4.79 Å². The van der Waals surface area contributed by atoms with Crippen LogP contribution in [0.3, 0.4) is 0 Å². The van der Waals surface area contributed by atoms with E-state index in [2.05, 4.69) is 26.0 Å². The fraction of sp³-hybridized carbons (Fsp3) is 0.333. The minimum Gasteiger partial charge on any atom is -0.618 e. The third-order valence-corrected chi connectivity index (χ3v) is 4.18. The number of anilines is 1. The Morgan fingerprint density at radius 2 is 2.09 bits per heavy atom. The van der Waals surface area contributed by atoms with Crippen molar-refractivity contribution in [2.24, 2.45) is 0 Å². The Labute approximate surface area is 130 Å². The van der Waals surface area contributed by atoms with Crippen LogP contribution in [0.4, 0.5) is 5.69 Å². The van der Waals surface area contributed by atoms with Gasteiger partial charge in [0.25, 0.3) is 5.69 Å². The fourth-order valence-electron chi connectivity index (χ4n) is 2.92. The third-order valence-electron chi connectivity index (χ3n) is 4.18. The number of hydrogen-bond acceptors (Lipinski definition) is 2. The molecule has 3 rings (SSSR count). The SMILES string of the molecule is CC(C)c1ccc2c(c1)CCCN2C(=O)c1cccc[n+]1[O-]. The van der Waals surface area contributed by atoms with Gasteiger partial charge in [0.1, 0.15) is 0 Å². The van der Waals surface area contributed by atoms with Crippen molar-refractivity contribution in [3.63, 3.8) is 0 Å². The monoisotopic (exact) mass is 296 g/mol. The molecule has 1 aliphatic heterocycles. The van der Waals surface area contributed by atoms with Gasteiger partial charge in [-0.25, -0.2) is 0 Å². The third kappa shape index (κ3) is 2.56. The molecule has 0 saturated carbocycles. The number of pyridine rings is 1. The highest BCUT2D eigenvalue weighted by atomic mass is 16.5. The average Bonchev–Trinajstić information content (AvgIpc) is 2.53. The standard InChI is InChI=1S/C18H20N2O2/c1-13(2)14-8-9-16-15(12-14)6-5-10-19(16)18(21)17-7-3-4-11-20(17)22/h3-4,7-9,11-13H,5-6,10H2,1-2H3. The van der Waals surface area contributed by atoms with E-state index in [0.29, 0.717) is 17.2 Å². The predicted molar refractivity (Wildman–Crippen MR) is 85.9 cm³/mol. The summed E-state index contributed by atoms with van der Waals surface area (Å²) in [6, 6.07) is 11.2. The van der Waals surface area contributed by atoms with E-state index < -0.39 is 0 Å². The van der Waals surface area contributed by atoms with Crippen molar-refractivity contribution >= 4 is 11.6 Å². The summed E-state index contributed by atoms with van der Waals surface area (Å²) in [7, 11) is 0. The van der Waals surface area contributed by atoms with Crippen LogP contribution in [-0.4, -0.2) is 12.5 Å². The Balaban J connectivity index is 1.98. The van der Waals surface area contributed by atoms with Gasteiger partial charge in [-0.2, -0.15) is 4.73 Å². The minimum absolute atomic E-state index is 0.170. The average molecular weight is 296 g/mol. The van der Waals surface area contributed by atoms with Gasteiger partial charge in [-0.05, 0) is 42.0 Å². The number of carbonyl (C=O) groups excluding carboxylic acids is 1. The van der Waals surface area contributed by atoms with Crippen molar-refractivity contribution in [3.8, 4) is 0 Å². The lowest BCUT2D eigenvalue weighted by Gasteiger charge is -2.29. The number of rotatable bonds is 2. The molecule has 0 unspecified atom stereocenters. The van der Waals surface area contributed by atoms with Gasteiger partial charge in [0, 0.05) is 24.4 Å². The molecule has 0 bridgehead atoms. The molecule has 4 nitrogen and oxygen atoms in total. The molecule has 0 N–H and O–H groups in total. The van der Waals surface area contributed by atoms with Crippen LogP contribution in [-0.2, 0) is 6.42 Å². The maximum Gasteiger partial charge on any atom is 0.324 e. The van der Waals surface area contributed by atoms with Gasteiger partial charge in [0.2, 0.25) is 0 Å². The Kier molecular flexibility index (Phi) is 3.84. The first kappa shape index (κ1) is 14.6. The van der Waals surface area contributed by atoms with E-state index in [1.807, 2.05) is 6.07 Å². The summed E-state index contributed by atoms with van der Waals surface area (Å²) < 4.78 is 0.638. The van der Waals surface area contributed by atoms with Crippen LogP contribution in [0, 0.1) is 5.21 Å². The number of nitrogens with zero attached hydrogens (tertiary/aromatic N) is 2. The van der Waals surface area contributed by atoms with Crippen molar-refractivity contribution in [1.82, 2.24) is 0 Å². The Morgan fingerprint density at radius 1 is 1.27 bits per heavy atom. The summed E-state index contributed by atoms with van der Waals surface area (Å²) in [5.41, 5.74) is 3.58. The topological polar surface area (TPSA) is 47.2 Å². The zero-order chi connectivity index (χ0) is 15.7. The van der Waals surface area contributed by atoms with Crippen molar-refractivity contribution in [2.75, 3.05) is 11.4 Å². The quantitative estimate of drug-likeness (QED) is 0.631. The summed E-state index contributed by atoms with van der Waals surface area (Å²) in [4.78, 5) is 14.4. The van der Waals surface area contributed by atoms with Gasteiger partial charge in [0.05, 0.1) is 0 Å². The number of amides is 1. The van der Waals surface area contributed by atoms with E-state index in [-0.39, 0.29) is 11.6 Å². The summed E-state index contributed by atoms with van der Waals surface area (Å²) in [5, 5.41) is 11.8. The molecule has 1 aromatic heterocycles. The molecule has 0 spiro atoms. The first-order valence-corrected chi connectivity index (χ1v) is 7.71. The van der Waals surface area contributed by atoms with Crippen molar-refractivity contribution in [1.29, 1.82) is 0 Å². The molecule has 1 aromatic carbocycles. The normalized spacial score (nSPS) is 14.0. The lowest BCUT2D eigenvalue weighted by atomic mass is 9.94. The van der Waals surface area contributed by atoms with E-state index in [1.165, 1.54) is 17.3 Å². The molecule has 0 atom stereocenters. The zero-order valence-electron chi connectivity index (χ0n) is 13.0. The maximum absolute atomic E-state index is 12.7.